The quantitative estimate of drug-likeness (QED) is 0.0274. The summed E-state index contributed by atoms with van der Waals surface area (Å²) in [6, 6.07) is 0. The zero-order valence-corrected chi connectivity index (χ0v) is 35.1. The van der Waals surface area contributed by atoms with Gasteiger partial charge in [-0.1, -0.05) is 157 Å². The highest BCUT2D eigenvalue weighted by atomic mass is 31.2. The number of nitrogens with two attached hydrogens (primary N) is 1. The molecule has 0 bridgehead atoms. The first-order chi connectivity index (χ1) is 26.4. The van der Waals surface area contributed by atoms with Gasteiger partial charge in [0, 0.05) is 13.0 Å². The van der Waals surface area contributed by atoms with Gasteiger partial charge in [-0.2, -0.15) is 0 Å². The number of rotatable bonds is 39. The molecule has 8 nitrogen and oxygen atoms in total. The van der Waals surface area contributed by atoms with Crippen molar-refractivity contribution in [2.24, 2.45) is 5.73 Å². The smallest absolute Gasteiger partial charge is 0.457 e. The van der Waals surface area contributed by atoms with Gasteiger partial charge in [0.1, 0.15) is 6.10 Å². The fourth-order valence-electron chi connectivity index (χ4n) is 5.27. The SMILES string of the molecule is CC/C=C\C/C=C\C/C=C\C/C=C\C/C=C\CCOCC(COP(=O)(O)OCCN)OC(=O)CCCCCCCCCCC/C=C\C/C=C\CCCCC. The van der Waals surface area contributed by atoms with Crippen molar-refractivity contribution in [1.29, 1.82) is 0 Å². The van der Waals surface area contributed by atoms with Gasteiger partial charge in [0.2, 0.25) is 0 Å². The molecule has 2 unspecified atom stereocenters. The Morgan fingerprint density at radius 2 is 1.04 bits per heavy atom. The van der Waals surface area contributed by atoms with E-state index in [4.69, 9.17) is 24.3 Å². The van der Waals surface area contributed by atoms with E-state index in [1.807, 2.05) is 6.08 Å². The van der Waals surface area contributed by atoms with Crippen LogP contribution in [0.2, 0.25) is 0 Å². The molecule has 0 heterocycles. The summed E-state index contributed by atoms with van der Waals surface area (Å²) in [4.78, 5) is 22.5. The Morgan fingerprint density at radius 1 is 0.574 bits per heavy atom. The molecule has 0 aromatic carbocycles. The summed E-state index contributed by atoms with van der Waals surface area (Å²) in [5.41, 5.74) is 5.36. The van der Waals surface area contributed by atoms with Gasteiger partial charge in [-0.25, -0.2) is 4.57 Å². The first kappa shape index (κ1) is 51.7. The third-order valence-electron chi connectivity index (χ3n) is 8.32. The number of carbonyl (C=O) groups excluding carboxylic acids is 1. The van der Waals surface area contributed by atoms with Crippen LogP contribution in [0.25, 0.3) is 0 Å². The molecule has 2 atom stereocenters. The molecule has 54 heavy (non-hydrogen) atoms. The molecule has 0 aliphatic heterocycles. The van der Waals surface area contributed by atoms with Crippen LogP contribution in [0.4, 0.5) is 0 Å². The Balaban J connectivity index is 4.17. The molecule has 0 radical (unpaired) electrons. The normalized spacial score (nSPS) is 14.4. The van der Waals surface area contributed by atoms with Crippen LogP contribution in [0.15, 0.2) is 85.1 Å². The van der Waals surface area contributed by atoms with Crippen LogP contribution in [-0.4, -0.2) is 49.9 Å². The summed E-state index contributed by atoms with van der Waals surface area (Å²) in [5.74, 6) is -0.363. The maximum Gasteiger partial charge on any atom is 0.472 e. The number of phosphoric acid groups is 1. The maximum absolute atomic E-state index is 12.6. The van der Waals surface area contributed by atoms with Gasteiger partial charge < -0.3 is 20.1 Å². The maximum atomic E-state index is 12.6. The highest BCUT2D eigenvalue weighted by Gasteiger charge is 2.25. The van der Waals surface area contributed by atoms with Gasteiger partial charge in [0.15, 0.2) is 0 Å². The standard InChI is InChI=1S/C45H78NO7P/c1-3-5-7-9-11-13-15-17-19-21-22-23-24-26-28-30-32-34-36-38-45(47)53-44(43-52-54(48,49)51-41-39-46)42-50-40-37-35-33-31-29-27-25-20-18-16-14-12-10-8-6-4-2/h6,8,11-14,17-20,27,29,33,35,44H,3-5,7,9-10,15-16,21-26,28,30-32,34,36-43,46H2,1-2H3,(H,48,49)/b8-6-,13-11-,14-12-,19-17-,20-18-,29-27-,35-33-. The monoisotopic (exact) mass is 776 g/mol. The van der Waals surface area contributed by atoms with Gasteiger partial charge in [-0.15, -0.1) is 0 Å². The van der Waals surface area contributed by atoms with Crippen molar-refractivity contribution in [3.63, 3.8) is 0 Å². The van der Waals surface area contributed by atoms with E-state index in [1.165, 1.54) is 70.6 Å². The number of unbranched alkanes of at least 4 members (excludes halogenated alkanes) is 12. The molecule has 0 saturated heterocycles. The predicted octanol–water partition coefficient (Wildman–Crippen LogP) is 12.5. The van der Waals surface area contributed by atoms with Gasteiger partial charge in [0.25, 0.3) is 0 Å². The van der Waals surface area contributed by atoms with Crippen LogP contribution in [0.1, 0.15) is 155 Å². The number of hydrogen-bond donors (Lipinski definition) is 2. The van der Waals surface area contributed by atoms with Crippen LogP contribution in [0, 0.1) is 0 Å². The molecule has 0 aliphatic carbocycles. The molecule has 0 saturated carbocycles. The Kier molecular flexibility index (Phi) is 40.0. The fourth-order valence-corrected chi connectivity index (χ4v) is 6.03. The highest BCUT2D eigenvalue weighted by molar-refractivity contribution is 7.47. The van der Waals surface area contributed by atoms with E-state index < -0.39 is 13.9 Å². The fraction of sp³-hybridized carbons (Fsp3) is 0.667. The summed E-state index contributed by atoms with van der Waals surface area (Å²) in [7, 11) is -4.30. The van der Waals surface area contributed by atoms with Crippen molar-refractivity contribution in [2.75, 3.05) is 33.0 Å². The van der Waals surface area contributed by atoms with E-state index in [0.29, 0.717) is 19.4 Å². The summed E-state index contributed by atoms with van der Waals surface area (Å²) in [5, 5.41) is 0. The molecular formula is C45H78NO7P. The first-order valence-corrected chi connectivity index (χ1v) is 22.6. The average Bonchev–Trinajstić information content (AvgIpc) is 3.16. The highest BCUT2D eigenvalue weighted by Crippen LogP contribution is 2.43. The van der Waals surface area contributed by atoms with E-state index in [-0.39, 0.29) is 32.3 Å². The zero-order valence-electron chi connectivity index (χ0n) is 34.2. The molecule has 0 amide bonds. The molecule has 0 rings (SSSR count). The van der Waals surface area contributed by atoms with Crippen molar-refractivity contribution < 1.29 is 32.8 Å². The van der Waals surface area contributed by atoms with Crippen molar-refractivity contribution in [1.82, 2.24) is 0 Å². The number of phosphoric ester groups is 1. The van der Waals surface area contributed by atoms with Crippen molar-refractivity contribution in [3.05, 3.63) is 85.1 Å². The van der Waals surface area contributed by atoms with E-state index >= 15 is 0 Å². The molecule has 9 heteroatoms. The third-order valence-corrected chi connectivity index (χ3v) is 9.30. The number of ether oxygens (including phenoxy) is 2. The van der Waals surface area contributed by atoms with Gasteiger partial charge in [-0.05, 0) is 77.0 Å². The number of allylic oxidation sites excluding steroid dienone is 13. The zero-order chi connectivity index (χ0) is 39.5. The van der Waals surface area contributed by atoms with Crippen LogP contribution < -0.4 is 5.73 Å². The minimum Gasteiger partial charge on any atom is -0.457 e. The van der Waals surface area contributed by atoms with Crippen molar-refractivity contribution in [3.8, 4) is 0 Å². The second-order valence-electron chi connectivity index (χ2n) is 13.5. The lowest BCUT2D eigenvalue weighted by molar-refractivity contribution is -0.154. The van der Waals surface area contributed by atoms with Crippen LogP contribution in [0.5, 0.6) is 0 Å². The lowest BCUT2D eigenvalue weighted by Gasteiger charge is -2.19. The Labute approximate surface area is 330 Å². The minimum atomic E-state index is -4.30. The third kappa shape index (κ3) is 40.9. The van der Waals surface area contributed by atoms with Crippen molar-refractivity contribution >= 4 is 13.8 Å². The van der Waals surface area contributed by atoms with Crippen LogP contribution in [-0.2, 0) is 27.9 Å². The van der Waals surface area contributed by atoms with Gasteiger partial charge in [0.05, 0.1) is 26.4 Å². The largest absolute Gasteiger partial charge is 0.472 e. The number of carbonyl (C=O) groups is 1. The van der Waals surface area contributed by atoms with Crippen molar-refractivity contribution in [2.45, 2.75) is 161 Å². The molecule has 3 N–H and O–H groups in total. The molecule has 0 aromatic heterocycles. The molecule has 0 fully saturated rings. The number of esters is 1. The lowest BCUT2D eigenvalue weighted by Crippen LogP contribution is -2.28. The first-order valence-electron chi connectivity index (χ1n) is 21.1. The van der Waals surface area contributed by atoms with Crippen LogP contribution >= 0.6 is 7.82 Å². The van der Waals surface area contributed by atoms with E-state index in [0.717, 1.165) is 57.8 Å². The molecule has 0 spiro atoms. The number of hydrogen-bond acceptors (Lipinski definition) is 7. The van der Waals surface area contributed by atoms with Crippen LogP contribution in [0.3, 0.4) is 0 Å². The second-order valence-corrected chi connectivity index (χ2v) is 14.9. The van der Waals surface area contributed by atoms with Gasteiger partial charge >= 0.3 is 13.8 Å². The minimum absolute atomic E-state index is 0.0557. The summed E-state index contributed by atoms with van der Waals surface area (Å²) >= 11 is 0. The average molecular weight is 776 g/mol. The predicted molar refractivity (Wildman–Crippen MR) is 228 cm³/mol. The topological polar surface area (TPSA) is 117 Å². The summed E-state index contributed by atoms with van der Waals surface area (Å²) < 4.78 is 33.3. The Morgan fingerprint density at radius 3 is 1.56 bits per heavy atom. The second kappa shape index (κ2) is 41.8. The lowest BCUT2D eigenvalue weighted by atomic mass is 10.1. The molecule has 310 valence electrons. The summed E-state index contributed by atoms with van der Waals surface area (Å²) in [6.07, 6.45) is 53.4. The van der Waals surface area contributed by atoms with E-state index in [9.17, 15) is 14.3 Å². The Bertz CT molecular complexity index is 1100. The molecule has 0 aromatic rings. The molecule has 0 aliphatic rings. The Hall–Kier alpha value is -2.32. The van der Waals surface area contributed by atoms with E-state index in [1.54, 1.807) is 0 Å². The molecular weight excluding hydrogens is 697 g/mol. The summed E-state index contributed by atoms with van der Waals surface area (Å²) in [6.45, 7) is 4.53. The van der Waals surface area contributed by atoms with Gasteiger partial charge in [-0.3, -0.25) is 13.8 Å². The van der Waals surface area contributed by atoms with E-state index in [2.05, 4.69) is 92.8 Å².